The monoisotopic (exact) mass is 469 g/mol. The standard InChI is InChI=1S/C26H32ClN3O3/c1-19(31)29-13-15-30(16-14-29)25-12-9-22(17-24(25)27)28-26(32)18-33-23-10-7-21(8-11-23)20-5-3-2-4-6-20/h7-12,17,20H,2-6,13-16,18H2,1H3,(H,28,32). The zero-order valence-corrected chi connectivity index (χ0v) is 19.9. The van der Waals surface area contributed by atoms with Crippen LogP contribution in [0.1, 0.15) is 50.5 Å². The lowest BCUT2D eigenvalue weighted by Crippen LogP contribution is -2.48. The van der Waals surface area contributed by atoms with Crippen molar-refractivity contribution >= 4 is 34.8 Å². The highest BCUT2D eigenvalue weighted by Gasteiger charge is 2.20. The van der Waals surface area contributed by atoms with Crippen LogP contribution in [-0.4, -0.2) is 49.5 Å². The number of ether oxygens (including phenoxy) is 1. The van der Waals surface area contributed by atoms with E-state index in [2.05, 4.69) is 22.3 Å². The predicted molar refractivity (Wildman–Crippen MR) is 132 cm³/mol. The van der Waals surface area contributed by atoms with Crippen LogP contribution < -0.4 is 15.0 Å². The third-order valence-electron chi connectivity index (χ3n) is 6.62. The summed E-state index contributed by atoms with van der Waals surface area (Å²) in [5, 5.41) is 3.42. The maximum Gasteiger partial charge on any atom is 0.262 e. The van der Waals surface area contributed by atoms with Gasteiger partial charge in [-0.2, -0.15) is 0 Å². The number of anilines is 2. The maximum absolute atomic E-state index is 12.4. The van der Waals surface area contributed by atoms with E-state index < -0.39 is 0 Å². The predicted octanol–water partition coefficient (Wildman–Crippen LogP) is 5.07. The van der Waals surface area contributed by atoms with E-state index in [1.54, 1.807) is 13.0 Å². The molecule has 2 aromatic carbocycles. The summed E-state index contributed by atoms with van der Waals surface area (Å²) in [6, 6.07) is 13.7. The molecular formula is C26H32ClN3O3. The van der Waals surface area contributed by atoms with Gasteiger partial charge in [-0.05, 0) is 54.7 Å². The number of nitrogens with one attached hydrogen (secondary N) is 1. The topological polar surface area (TPSA) is 61.9 Å². The number of amides is 2. The van der Waals surface area contributed by atoms with Crippen molar-refractivity contribution in [3.05, 3.63) is 53.1 Å². The molecular weight excluding hydrogens is 438 g/mol. The van der Waals surface area contributed by atoms with Gasteiger partial charge in [0.05, 0.1) is 10.7 Å². The summed E-state index contributed by atoms with van der Waals surface area (Å²) in [5.74, 6) is 1.22. The molecule has 1 aliphatic heterocycles. The molecule has 6 nitrogen and oxygen atoms in total. The first-order valence-electron chi connectivity index (χ1n) is 11.8. The Hall–Kier alpha value is -2.73. The van der Waals surface area contributed by atoms with Crippen LogP contribution >= 0.6 is 11.6 Å². The summed E-state index contributed by atoms with van der Waals surface area (Å²) in [7, 11) is 0. The number of benzene rings is 2. The lowest BCUT2D eigenvalue weighted by Gasteiger charge is -2.36. The molecule has 2 aliphatic rings. The van der Waals surface area contributed by atoms with Crippen LogP contribution in [0.25, 0.3) is 0 Å². The number of hydrogen-bond acceptors (Lipinski definition) is 4. The van der Waals surface area contributed by atoms with E-state index in [9.17, 15) is 9.59 Å². The lowest BCUT2D eigenvalue weighted by molar-refractivity contribution is -0.129. The van der Waals surface area contributed by atoms with Crippen LogP contribution in [0.4, 0.5) is 11.4 Å². The Morgan fingerprint density at radius 1 is 1.00 bits per heavy atom. The van der Waals surface area contributed by atoms with E-state index in [1.807, 2.05) is 29.2 Å². The van der Waals surface area contributed by atoms with E-state index in [4.69, 9.17) is 16.3 Å². The van der Waals surface area contributed by atoms with Crippen molar-refractivity contribution in [1.82, 2.24) is 4.90 Å². The van der Waals surface area contributed by atoms with Crippen molar-refractivity contribution < 1.29 is 14.3 Å². The van der Waals surface area contributed by atoms with Gasteiger partial charge in [-0.1, -0.05) is 43.0 Å². The number of carbonyl (C=O) groups excluding carboxylic acids is 2. The molecule has 0 atom stereocenters. The van der Waals surface area contributed by atoms with Gasteiger partial charge in [-0.3, -0.25) is 9.59 Å². The average molecular weight is 470 g/mol. The fraction of sp³-hybridized carbons (Fsp3) is 0.462. The SMILES string of the molecule is CC(=O)N1CCN(c2ccc(NC(=O)COc3ccc(C4CCCCC4)cc3)cc2Cl)CC1. The Kier molecular flexibility index (Phi) is 7.76. The zero-order chi connectivity index (χ0) is 23.2. The number of hydrogen-bond donors (Lipinski definition) is 1. The normalized spacial score (nSPS) is 17.0. The molecule has 2 fully saturated rings. The summed E-state index contributed by atoms with van der Waals surface area (Å²) in [5.41, 5.74) is 2.91. The van der Waals surface area contributed by atoms with Gasteiger partial charge in [-0.25, -0.2) is 0 Å². The van der Waals surface area contributed by atoms with E-state index in [0.29, 0.717) is 35.5 Å². The molecule has 0 aromatic heterocycles. The Balaban J connectivity index is 1.26. The minimum absolute atomic E-state index is 0.0604. The van der Waals surface area contributed by atoms with Gasteiger partial charge in [0.15, 0.2) is 6.61 Å². The number of carbonyl (C=O) groups is 2. The van der Waals surface area contributed by atoms with Gasteiger partial charge in [-0.15, -0.1) is 0 Å². The van der Waals surface area contributed by atoms with Crippen LogP contribution in [0.3, 0.4) is 0 Å². The molecule has 0 unspecified atom stereocenters. The van der Waals surface area contributed by atoms with Gasteiger partial charge < -0.3 is 19.9 Å². The summed E-state index contributed by atoms with van der Waals surface area (Å²) in [6.07, 6.45) is 6.49. The summed E-state index contributed by atoms with van der Waals surface area (Å²) in [4.78, 5) is 27.9. The van der Waals surface area contributed by atoms with Crippen LogP contribution in [-0.2, 0) is 9.59 Å². The molecule has 0 spiro atoms. The Morgan fingerprint density at radius 3 is 2.33 bits per heavy atom. The first-order chi connectivity index (χ1) is 16.0. The van der Waals surface area contributed by atoms with E-state index in [0.717, 1.165) is 18.8 Å². The molecule has 176 valence electrons. The van der Waals surface area contributed by atoms with E-state index in [1.165, 1.54) is 37.7 Å². The summed E-state index contributed by atoms with van der Waals surface area (Å²) < 4.78 is 5.68. The van der Waals surface area contributed by atoms with Crippen LogP contribution in [0.5, 0.6) is 5.75 Å². The first kappa shape index (κ1) is 23.4. The first-order valence-corrected chi connectivity index (χ1v) is 12.2. The average Bonchev–Trinajstić information content (AvgIpc) is 2.84. The number of nitrogens with zero attached hydrogens (tertiary/aromatic N) is 2. The molecule has 1 N–H and O–H groups in total. The van der Waals surface area contributed by atoms with Crippen molar-refractivity contribution in [1.29, 1.82) is 0 Å². The van der Waals surface area contributed by atoms with Gasteiger partial charge in [0.1, 0.15) is 5.75 Å². The van der Waals surface area contributed by atoms with Crippen molar-refractivity contribution in [2.24, 2.45) is 0 Å². The molecule has 1 heterocycles. The Morgan fingerprint density at radius 2 is 1.70 bits per heavy atom. The second-order valence-electron chi connectivity index (χ2n) is 8.90. The highest BCUT2D eigenvalue weighted by Crippen LogP contribution is 2.33. The Bertz CT molecular complexity index is 965. The van der Waals surface area contributed by atoms with Gasteiger partial charge in [0.25, 0.3) is 5.91 Å². The maximum atomic E-state index is 12.4. The van der Waals surface area contributed by atoms with Gasteiger partial charge in [0, 0.05) is 38.8 Å². The number of piperazine rings is 1. The van der Waals surface area contributed by atoms with Gasteiger partial charge >= 0.3 is 0 Å². The fourth-order valence-electron chi connectivity index (χ4n) is 4.72. The van der Waals surface area contributed by atoms with Crippen molar-refractivity contribution in [2.45, 2.75) is 44.9 Å². The van der Waals surface area contributed by atoms with E-state index >= 15 is 0 Å². The molecule has 33 heavy (non-hydrogen) atoms. The highest BCUT2D eigenvalue weighted by molar-refractivity contribution is 6.33. The fourth-order valence-corrected chi connectivity index (χ4v) is 5.02. The third-order valence-corrected chi connectivity index (χ3v) is 6.93. The van der Waals surface area contributed by atoms with Crippen molar-refractivity contribution in [2.75, 3.05) is 43.0 Å². The van der Waals surface area contributed by atoms with Crippen molar-refractivity contribution in [3.63, 3.8) is 0 Å². The summed E-state index contributed by atoms with van der Waals surface area (Å²) in [6.45, 7) is 4.37. The molecule has 4 rings (SSSR count). The van der Waals surface area contributed by atoms with E-state index in [-0.39, 0.29) is 18.4 Å². The van der Waals surface area contributed by atoms with Gasteiger partial charge in [0.2, 0.25) is 5.91 Å². The molecule has 7 heteroatoms. The molecule has 1 aliphatic carbocycles. The second kappa shape index (κ2) is 10.9. The molecule has 2 aromatic rings. The van der Waals surface area contributed by atoms with Crippen LogP contribution in [0.2, 0.25) is 5.02 Å². The van der Waals surface area contributed by atoms with Crippen molar-refractivity contribution in [3.8, 4) is 5.75 Å². The lowest BCUT2D eigenvalue weighted by atomic mass is 9.84. The third kappa shape index (κ3) is 6.20. The molecule has 1 saturated carbocycles. The highest BCUT2D eigenvalue weighted by atomic mass is 35.5. The second-order valence-corrected chi connectivity index (χ2v) is 9.31. The summed E-state index contributed by atoms with van der Waals surface area (Å²) >= 11 is 6.49. The van der Waals surface area contributed by atoms with Crippen LogP contribution in [0, 0.1) is 0 Å². The van der Waals surface area contributed by atoms with Crippen LogP contribution in [0.15, 0.2) is 42.5 Å². The smallest absolute Gasteiger partial charge is 0.262 e. The zero-order valence-electron chi connectivity index (χ0n) is 19.2. The number of rotatable bonds is 6. The Labute approximate surface area is 200 Å². The quantitative estimate of drug-likeness (QED) is 0.641. The minimum atomic E-state index is -0.231. The molecule has 0 bridgehead atoms. The number of halogens is 1. The molecule has 0 radical (unpaired) electrons. The largest absolute Gasteiger partial charge is 0.484 e. The molecule has 1 saturated heterocycles. The molecule has 2 amide bonds. The minimum Gasteiger partial charge on any atom is -0.484 e.